The Hall–Kier alpha value is -2.20. The van der Waals surface area contributed by atoms with Crippen molar-refractivity contribution in [3.63, 3.8) is 0 Å². The molecule has 0 aliphatic rings. The van der Waals surface area contributed by atoms with Gasteiger partial charge >= 0.3 is 0 Å². The molecule has 21 heavy (non-hydrogen) atoms. The van der Waals surface area contributed by atoms with Crippen LogP contribution in [0.2, 0.25) is 5.02 Å². The van der Waals surface area contributed by atoms with Crippen LogP contribution < -0.4 is 14.8 Å². The Morgan fingerprint density at radius 1 is 1.24 bits per heavy atom. The van der Waals surface area contributed by atoms with Gasteiger partial charge in [0.05, 0.1) is 12.8 Å². The highest BCUT2D eigenvalue weighted by molar-refractivity contribution is 6.31. The second-order valence-electron chi connectivity index (χ2n) is 4.50. The molecule has 0 radical (unpaired) electrons. The van der Waals surface area contributed by atoms with Gasteiger partial charge in [-0.2, -0.15) is 0 Å². The molecule has 2 aromatic carbocycles. The second kappa shape index (κ2) is 6.99. The normalized spacial score (nSPS) is 10.0. The lowest BCUT2D eigenvalue weighted by atomic mass is 10.2. The summed E-state index contributed by atoms with van der Waals surface area (Å²) in [5.74, 6) is 0.920. The van der Waals surface area contributed by atoms with Crippen molar-refractivity contribution in [2.45, 2.75) is 6.92 Å². The fourth-order valence-corrected chi connectivity index (χ4v) is 1.99. The monoisotopic (exact) mass is 305 g/mol. The Morgan fingerprint density at radius 3 is 2.76 bits per heavy atom. The molecule has 0 saturated carbocycles. The predicted molar refractivity (Wildman–Crippen MR) is 83.3 cm³/mol. The van der Waals surface area contributed by atoms with Gasteiger partial charge in [0.2, 0.25) is 0 Å². The van der Waals surface area contributed by atoms with E-state index < -0.39 is 0 Å². The van der Waals surface area contributed by atoms with Crippen LogP contribution in [0, 0.1) is 6.92 Å². The lowest BCUT2D eigenvalue weighted by molar-refractivity contribution is -0.118. The molecule has 2 aromatic rings. The maximum atomic E-state index is 11.9. The maximum absolute atomic E-state index is 11.9. The van der Waals surface area contributed by atoms with Crippen molar-refractivity contribution in [1.29, 1.82) is 0 Å². The molecule has 0 heterocycles. The molecule has 0 aliphatic heterocycles. The van der Waals surface area contributed by atoms with Gasteiger partial charge in [0, 0.05) is 5.02 Å². The number of aryl methyl sites for hydroxylation is 1. The van der Waals surface area contributed by atoms with E-state index >= 15 is 0 Å². The van der Waals surface area contributed by atoms with E-state index in [1.807, 2.05) is 25.1 Å². The number of halogens is 1. The topological polar surface area (TPSA) is 47.6 Å². The Balaban J connectivity index is 1.97. The first-order valence-electron chi connectivity index (χ1n) is 6.41. The van der Waals surface area contributed by atoms with E-state index in [2.05, 4.69) is 5.32 Å². The van der Waals surface area contributed by atoms with E-state index in [0.717, 1.165) is 5.56 Å². The molecule has 4 nitrogen and oxygen atoms in total. The van der Waals surface area contributed by atoms with Crippen LogP contribution in [0.4, 0.5) is 5.69 Å². The van der Waals surface area contributed by atoms with Gasteiger partial charge in [-0.15, -0.1) is 0 Å². The highest BCUT2D eigenvalue weighted by atomic mass is 35.5. The van der Waals surface area contributed by atoms with E-state index in [0.29, 0.717) is 22.2 Å². The van der Waals surface area contributed by atoms with Crippen molar-refractivity contribution < 1.29 is 14.3 Å². The van der Waals surface area contributed by atoms with Crippen LogP contribution in [0.5, 0.6) is 11.5 Å². The Morgan fingerprint density at radius 2 is 2.05 bits per heavy atom. The summed E-state index contributed by atoms with van der Waals surface area (Å²) >= 11 is 5.91. The van der Waals surface area contributed by atoms with E-state index in [-0.39, 0.29) is 12.5 Å². The quantitative estimate of drug-likeness (QED) is 0.916. The summed E-state index contributed by atoms with van der Waals surface area (Å²) < 4.78 is 10.6. The highest BCUT2D eigenvalue weighted by Gasteiger charge is 2.09. The van der Waals surface area contributed by atoms with E-state index in [1.165, 1.54) is 7.11 Å². The molecule has 0 atom stereocenters. The largest absolute Gasteiger partial charge is 0.495 e. The summed E-state index contributed by atoms with van der Waals surface area (Å²) in [5.41, 5.74) is 1.59. The first-order chi connectivity index (χ1) is 10.1. The first kappa shape index (κ1) is 15.2. The van der Waals surface area contributed by atoms with Crippen molar-refractivity contribution in [3.05, 3.63) is 53.1 Å². The van der Waals surface area contributed by atoms with Gasteiger partial charge < -0.3 is 14.8 Å². The van der Waals surface area contributed by atoms with Crippen molar-refractivity contribution >= 4 is 23.2 Å². The van der Waals surface area contributed by atoms with Crippen LogP contribution in [-0.4, -0.2) is 19.6 Å². The molecular formula is C16H16ClNO3. The van der Waals surface area contributed by atoms with Gasteiger partial charge in [-0.05, 0) is 42.8 Å². The summed E-state index contributed by atoms with van der Waals surface area (Å²) in [6.45, 7) is 1.88. The average molecular weight is 306 g/mol. The maximum Gasteiger partial charge on any atom is 0.262 e. The summed E-state index contributed by atoms with van der Waals surface area (Å²) in [4.78, 5) is 11.9. The molecule has 2 rings (SSSR count). The standard InChI is InChI=1S/C16H16ClNO3/c1-11-4-3-5-13(8-11)21-10-16(19)18-14-9-12(17)6-7-15(14)20-2/h3-9H,10H2,1-2H3,(H,18,19). The SMILES string of the molecule is COc1ccc(Cl)cc1NC(=O)COc1cccc(C)c1. The number of rotatable bonds is 5. The summed E-state index contributed by atoms with van der Waals surface area (Å²) in [6.07, 6.45) is 0. The zero-order chi connectivity index (χ0) is 15.2. The van der Waals surface area contributed by atoms with Crippen LogP contribution in [0.15, 0.2) is 42.5 Å². The smallest absolute Gasteiger partial charge is 0.262 e. The molecule has 5 heteroatoms. The minimum atomic E-state index is -0.280. The van der Waals surface area contributed by atoms with Crippen molar-refractivity contribution in [2.24, 2.45) is 0 Å². The molecule has 0 aliphatic carbocycles. The van der Waals surface area contributed by atoms with E-state index in [4.69, 9.17) is 21.1 Å². The number of hydrogen-bond acceptors (Lipinski definition) is 3. The predicted octanol–water partition coefficient (Wildman–Crippen LogP) is 3.67. The molecule has 1 N–H and O–H groups in total. The number of ether oxygens (including phenoxy) is 2. The van der Waals surface area contributed by atoms with Crippen LogP contribution in [0.25, 0.3) is 0 Å². The molecule has 0 unspecified atom stereocenters. The number of hydrogen-bond donors (Lipinski definition) is 1. The van der Waals surface area contributed by atoms with Crippen LogP contribution in [0.1, 0.15) is 5.56 Å². The molecule has 1 amide bonds. The van der Waals surface area contributed by atoms with Crippen molar-refractivity contribution in [3.8, 4) is 11.5 Å². The molecule has 0 bridgehead atoms. The highest BCUT2D eigenvalue weighted by Crippen LogP contribution is 2.27. The Labute approximate surface area is 128 Å². The number of benzene rings is 2. The number of anilines is 1. The molecule has 110 valence electrons. The number of carbonyl (C=O) groups excluding carboxylic acids is 1. The molecule has 0 aromatic heterocycles. The summed E-state index contributed by atoms with van der Waals surface area (Å²) in [5, 5.41) is 3.23. The van der Waals surface area contributed by atoms with Gasteiger partial charge in [-0.3, -0.25) is 4.79 Å². The number of carbonyl (C=O) groups is 1. The zero-order valence-corrected chi connectivity index (χ0v) is 12.6. The average Bonchev–Trinajstić information content (AvgIpc) is 2.45. The van der Waals surface area contributed by atoms with Crippen LogP contribution in [-0.2, 0) is 4.79 Å². The minimum Gasteiger partial charge on any atom is -0.495 e. The number of methoxy groups -OCH3 is 1. The molecular weight excluding hydrogens is 290 g/mol. The first-order valence-corrected chi connectivity index (χ1v) is 6.79. The van der Waals surface area contributed by atoms with E-state index in [1.54, 1.807) is 24.3 Å². The number of nitrogens with one attached hydrogen (secondary N) is 1. The fourth-order valence-electron chi connectivity index (χ4n) is 1.82. The van der Waals surface area contributed by atoms with Gasteiger partial charge in [-0.1, -0.05) is 23.7 Å². The Bertz CT molecular complexity index is 643. The number of amides is 1. The fraction of sp³-hybridized carbons (Fsp3) is 0.188. The van der Waals surface area contributed by atoms with E-state index in [9.17, 15) is 4.79 Å². The van der Waals surface area contributed by atoms with Gasteiger partial charge in [0.1, 0.15) is 11.5 Å². The third kappa shape index (κ3) is 4.39. The minimum absolute atomic E-state index is 0.0842. The lowest BCUT2D eigenvalue weighted by Gasteiger charge is -2.11. The van der Waals surface area contributed by atoms with Crippen molar-refractivity contribution in [1.82, 2.24) is 0 Å². The van der Waals surface area contributed by atoms with Gasteiger partial charge in [0.25, 0.3) is 5.91 Å². The molecule has 0 spiro atoms. The summed E-state index contributed by atoms with van der Waals surface area (Å²) in [7, 11) is 1.53. The molecule has 0 fully saturated rings. The summed E-state index contributed by atoms with van der Waals surface area (Å²) in [6, 6.07) is 12.5. The van der Waals surface area contributed by atoms with Gasteiger partial charge in [-0.25, -0.2) is 0 Å². The second-order valence-corrected chi connectivity index (χ2v) is 4.93. The van der Waals surface area contributed by atoms with Crippen molar-refractivity contribution in [2.75, 3.05) is 19.0 Å². The van der Waals surface area contributed by atoms with Crippen LogP contribution in [0.3, 0.4) is 0 Å². The third-order valence-corrected chi connectivity index (χ3v) is 3.03. The zero-order valence-electron chi connectivity index (χ0n) is 11.9. The Kier molecular flexibility index (Phi) is 5.06. The van der Waals surface area contributed by atoms with Crippen LogP contribution >= 0.6 is 11.6 Å². The lowest BCUT2D eigenvalue weighted by Crippen LogP contribution is -2.20. The van der Waals surface area contributed by atoms with Gasteiger partial charge in [0.15, 0.2) is 6.61 Å². The molecule has 0 saturated heterocycles. The third-order valence-electron chi connectivity index (χ3n) is 2.80.